The zero-order chi connectivity index (χ0) is 11.4. The molecule has 1 rings (SSSR count). The van der Waals surface area contributed by atoms with E-state index in [0.717, 1.165) is 5.82 Å². The first-order chi connectivity index (χ1) is 7.00. The summed E-state index contributed by atoms with van der Waals surface area (Å²) in [6.45, 7) is 4.08. The van der Waals surface area contributed by atoms with Crippen LogP contribution >= 0.6 is 0 Å². The predicted molar refractivity (Wildman–Crippen MR) is 61.0 cm³/mol. The quantitative estimate of drug-likeness (QED) is 0.819. The van der Waals surface area contributed by atoms with Crippen LogP contribution in [-0.4, -0.2) is 35.9 Å². The molecule has 0 unspecified atom stereocenters. The number of rotatable bonds is 3. The number of nitrogens with one attached hydrogen (secondary N) is 1. The van der Waals surface area contributed by atoms with Gasteiger partial charge in [0.05, 0.1) is 5.56 Å². The van der Waals surface area contributed by atoms with Crippen LogP contribution in [0.15, 0.2) is 18.3 Å². The standard InChI is InChI=1S/C11H17N3O/c1-8(2)13-10-6-5-9(7-12-10)11(15)14(3)4/h5-8H,1-4H3,(H,12,13). The number of hydrogen-bond donors (Lipinski definition) is 1. The summed E-state index contributed by atoms with van der Waals surface area (Å²) < 4.78 is 0. The molecular weight excluding hydrogens is 190 g/mol. The Bertz CT molecular complexity index is 330. The number of hydrogen-bond acceptors (Lipinski definition) is 3. The van der Waals surface area contributed by atoms with Crippen molar-refractivity contribution in [2.75, 3.05) is 19.4 Å². The minimum atomic E-state index is -0.0291. The van der Waals surface area contributed by atoms with Crippen LogP contribution < -0.4 is 5.32 Å². The molecule has 1 N–H and O–H groups in total. The molecule has 0 aliphatic heterocycles. The lowest BCUT2D eigenvalue weighted by Gasteiger charge is -2.11. The van der Waals surface area contributed by atoms with Crippen LogP contribution in [0.1, 0.15) is 24.2 Å². The molecule has 0 saturated carbocycles. The van der Waals surface area contributed by atoms with Gasteiger partial charge in [-0.05, 0) is 26.0 Å². The van der Waals surface area contributed by atoms with Crippen LogP contribution in [0.2, 0.25) is 0 Å². The van der Waals surface area contributed by atoms with Gasteiger partial charge in [-0.3, -0.25) is 4.79 Å². The zero-order valence-corrected chi connectivity index (χ0v) is 9.61. The molecule has 0 aliphatic carbocycles. The fourth-order valence-electron chi connectivity index (χ4n) is 1.16. The van der Waals surface area contributed by atoms with Crippen LogP contribution in [0.4, 0.5) is 5.82 Å². The second kappa shape index (κ2) is 4.77. The van der Waals surface area contributed by atoms with Gasteiger partial charge in [-0.15, -0.1) is 0 Å². The van der Waals surface area contributed by atoms with E-state index in [2.05, 4.69) is 10.3 Å². The van der Waals surface area contributed by atoms with Gasteiger partial charge in [-0.1, -0.05) is 0 Å². The van der Waals surface area contributed by atoms with E-state index in [9.17, 15) is 4.79 Å². The van der Waals surface area contributed by atoms with E-state index in [-0.39, 0.29) is 5.91 Å². The highest BCUT2D eigenvalue weighted by atomic mass is 16.2. The number of pyridine rings is 1. The highest BCUT2D eigenvalue weighted by Crippen LogP contribution is 2.07. The van der Waals surface area contributed by atoms with E-state index in [1.807, 2.05) is 19.9 Å². The number of aromatic nitrogens is 1. The summed E-state index contributed by atoms with van der Waals surface area (Å²) in [4.78, 5) is 17.2. The number of nitrogens with zero attached hydrogens (tertiary/aromatic N) is 2. The number of anilines is 1. The first kappa shape index (κ1) is 11.5. The van der Waals surface area contributed by atoms with Gasteiger partial charge in [0, 0.05) is 26.3 Å². The van der Waals surface area contributed by atoms with Crippen molar-refractivity contribution in [3.8, 4) is 0 Å². The lowest BCUT2D eigenvalue weighted by atomic mass is 10.2. The summed E-state index contributed by atoms with van der Waals surface area (Å²) in [5, 5.41) is 3.16. The Labute approximate surface area is 90.3 Å². The molecule has 1 amide bonds. The molecule has 0 aromatic carbocycles. The minimum absolute atomic E-state index is 0.0291. The fraction of sp³-hybridized carbons (Fsp3) is 0.455. The Morgan fingerprint density at radius 3 is 2.47 bits per heavy atom. The summed E-state index contributed by atoms with van der Waals surface area (Å²) >= 11 is 0. The van der Waals surface area contributed by atoms with Gasteiger partial charge < -0.3 is 10.2 Å². The lowest BCUT2D eigenvalue weighted by molar-refractivity contribution is 0.0827. The van der Waals surface area contributed by atoms with Crippen molar-refractivity contribution in [3.05, 3.63) is 23.9 Å². The van der Waals surface area contributed by atoms with Crippen molar-refractivity contribution in [1.82, 2.24) is 9.88 Å². The van der Waals surface area contributed by atoms with Gasteiger partial charge in [0.25, 0.3) is 5.91 Å². The molecule has 82 valence electrons. The summed E-state index contributed by atoms with van der Waals surface area (Å²) in [7, 11) is 3.45. The van der Waals surface area contributed by atoms with E-state index < -0.39 is 0 Å². The average Bonchev–Trinajstić information content (AvgIpc) is 2.17. The third-order valence-electron chi connectivity index (χ3n) is 1.85. The number of carbonyl (C=O) groups is 1. The second-order valence-corrected chi connectivity index (χ2v) is 3.93. The molecule has 1 heterocycles. The Morgan fingerprint density at radius 1 is 1.40 bits per heavy atom. The van der Waals surface area contributed by atoms with Crippen molar-refractivity contribution >= 4 is 11.7 Å². The summed E-state index contributed by atoms with van der Waals surface area (Å²) in [5.41, 5.74) is 0.606. The normalized spacial score (nSPS) is 10.2. The van der Waals surface area contributed by atoms with Crippen LogP contribution in [0.25, 0.3) is 0 Å². The van der Waals surface area contributed by atoms with E-state index in [0.29, 0.717) is 11.6 Å². The molecule has 4 nitrogen and oxygen atoms in total. The highest BCUT2D eigenvalue weighted by Gasteiger charge is 2.07. The molecular formula is C11H17N3O. The number of amides is 1. The fourth-order valence-corrected chi connectivity index (χ4v) is 1.16. The molecule has 0 saturated heterocycles. The first-order valence-corrected chi connectivity index (χ1v) is 4.95. The molecule has 0 fully saturated rings. The van der Waals surface area contributed by atoms with E-state index >= 15 is 0 Å². The predicted octanol–water partition coefficient (Wildman–Crippen LogP) is 1.60. The summed E-state index contributed by atoms with van der Waals surface area (Å²) in [6.07, 6.45) is 1.59. The summed E-state index contributed by atoms with van der Waals surface area (Å²) in [5.74, 6) is 0.763. The number of carbonyl (C=O) groups excluding carboxylic acids is 1. The third-order valence-corrected chi connectivity index (χ3v) is 1.85. The molecule has 4 heteroatoms. The van der Waals surface area contributed by atoms with Gasteiger partial charge >= 0.3 is 0 Å². The van der Waals surface area contributed by atoms with Gasteiger partial charge in [0.2, 0.25) is 0 Å². The van der Waals surface area contributed by atoms with Crippen LogP contribution in [-0.2, 0) is 0 Å². The van der Waals surface area contributed by atoms with Crippen molar-refractivity contribution in [3.63, 3.8) is 0 Å². The SMILES string of the molecule is CC(C)Nc1ccc(C(=O)N(C)C)cn1. The Kier molecular flexibility index (Phi) is 3.66. The maximum Gasteiger partial charge on any atom is 0.254 e. The van der Waals surface area contributed by atoms with Crippen molar-refractivity contribution < 1.29 is 4.79 Å². The van der Waals surface area contributed by atoms with Gasteiger partial charge in [-0.25, -0.2) is 4.98 Å². The zero-order valence-electron chi connectivity index (χ0n) is 9.61. The largest absolute Gasteiger partial charge is 0.368 e. The maximum absolute atomic E-state index is 11.5. The van der Waals surface area contributed by atoms with E-state index in [1.165, 1.54) is 4.90 Å². The molecule has 0 atom stereocenters. The molecule has 0 radical (unpaired) electrons. The molecule has 1 aromatic heterocycles. The Hall–Kier alpha value is -1.58. The van der Waals surface area contributed by atoms with Gasteiger partial charge in [0.15, 0.2) is 0 Å². The monoisotopic (exact) mass is 207 g/mol. The highest BCUT2D eigenvalue weighted by molar-refractivity contribution is 5.93. The Morgan fingerprint density at radius 2 is 2.07 bits per heavy atom. The molecule has 15 heavy (non-hydrogen) atoms. The van der Waals surface area contributed by atoms with Crippen LogP contribution in [0, 0.1) is 0 Å². The summed E-state index contributed by atoms with van der Waals surface area (Å²) in [6, 6.07) is 3.93. The smallest absolute Gasteiger partial charge is 0.254 e. The molecule has 0 bridgehead atoms. The van der Waals surface area contributed by atoms with Crippen molar-refractivity contribution in [1.29, 1.82) is 0 Å². The Balaban J connectivity index is 2.76. The topological polar surface area (TPSA) is 45.2 Å². The maximum atomic E-state index is 11.5. The molecule has 0 aliphatic rings. The van der Waals surface area contributed by atoms with Crippen LogP contribution in [0.3, 0.4) is 0 Å². The molecule has 1 aromatic rings. The van der Waals surface area contributed by atoms with Gasteiger partial charge in [-0.2, -0.15) is 0 Å². The molecule has 0 spiro atoms. The second-order valence-electron chi connectivity index (χ2n) is 3.93. The van der Waals surface area contributed by atoms with E-state index in [1.54, 1.807) is 26.4 Å². The average molecular weight is 207 g/mol. The van der Waals surface area contributed by atoms with Gasteiger partial charge in [0.1, 0.15) is 5.82 Å². The van der Waals surface area contributed by atoms with E-state index in [4.69, 9.17) is 0 Å². The van der Waals surface area contributed by atoms with Crippen LogP contribution in [0.5, 0.6) is 0 Å². The minimum Gasteiger partial charge on any atom is -0.368 e. The third kappa shape index (κ3) is 3.23. The first-order valence-electron chi connectivity index (χ1n) is 4.95. The van der Waals surface area contributed by atoms with Crippen molar-refractivity contribution in [2.24, 2.45) is 0 Å². The van der Waals surface area contributed by atoms with Crippen molar-refractivity contribution in [2.45, 2.75) is 19.9 Å². The lowest BCUT2D eigenvalue weighted by Crippen LogP contribution is -2.22.